The molecule has 0 saturated carbocycles. The number of carbonyl (C=O) groups is 2. The van der Waals surface area contributed by atoms with Gasteiger partial charge >= 0.3 is 19.8 Å². The lowest BCUT2D eigenvalue weighted by Gasteiger charge is -2.20. The fraction of sp³-hybridized carbons (Fsp3) is 0.868. The van der Waals surface area contributed by atoms with Crippen LogP contribution < -0.4 is 0 Å². The van der Waals surface area contributed by atoms with Crippen LogP contribution in [0.4, 0.5) is 0 Å². The van der Waals surface area contributed by atoms with Crippen molar-refractivity contribution in [2.75, 3.05) is 26.4 Å². The van der Waals surface area contributed by atoms with Crippen molar-refractivity contribution in [1.29, 1.82) is 0 Å². The number of carbonyl (C=O) groups excluding carboxylic acids is 2. The molecule has 0 aliphatic rings. The number of esters is 2. The topological polar surface area (TPSA) is 149 Å². The molecule has 0 fully saturated rings. The summed E-state index contributed by atoms with van der Waals surface area (Å²) in [7, 11) is -4.61. The third-order valence-electron chi connectivity index (χ3n) is 8.32. The van der Waals surface area contributed by atoms with Gasteiger partial charge in [0.1, 0.15) is 12.7 Å². The predicted molar refractivity (Wildman–Crippen MR) is 196 cm³/mol. The zero-order valence-corrected chi connectivity index (χ0v) is 31.8. The van der Waals surface area contributed by atoms with Crippen LogP contribution in [0.15, 0.2) is 12.2 Å². The van der Waals surface area contributed by atoms with E-state index in [-0.39, 0.29) is 19.4 Å². The minimum Gasteiger partial charge on any atom is -0.462 e. The summed E-state index contributed by atoms with van der Waals surface area (Å²) < 4.78 is 32.6. The lowest BCUT2D eigenvalue weighted by molar-refractivity contribution is -0.161. The van der Waals surface area contributed by atoms with Crippen molar-refractivity contribution in [3.8, 4) is 0 Å². The van der Waals surface area contributed by atoms with E-state index in [0.717, 1.165) is 64.2 Å². The molecular weight excluding hydrogens is 647 g/mol. The molecule has 10 nitrogen and oxygen atoms in total. The highest BCUT2D eigenvalue weighted by molar-refractivity contribution is 7.47. The second-order valence-electron chi connectivity index (χ2n) is 13.2. The van der Waals surface area contributed by atoms with Crippen LogP contribution in [0, 0.1) is 6.92 Å². The van der Waals surface area contributed by atoms with E-state index in [1.54, 1.807) is 0 Å². The maximum atomic E-state index is 12.5. The van der Waals surface area contributed by atoms with Crippen LogP contribution in [0.5, 0.6) is 0 Å². The van der Waals surface area contributed by atoms with Gasteiger partial charge < -0.3 is 31.5 Å². The van der Waals surface area contributed by atoms with Crippen LogP contribution >= 0.6 is 7.82 Å². The summed E-state index contributed by atoms with van der Waals surface area (Å²) in [5, 5.41) is 18.3. The first kappa shape index (κ1) is 47.7. The van der Waals surface area contributed by atoms with Gasteiger partial charge in [-0.25, -0.2) is 4.57 Å². The molecule has 0 heterocycles. The number of rotatable bonds is 37. The smallest absolute Gasteiger partial charge is 0.462 e. The summed E-state index contributed by atoms with van der Waals surface area (Å²) in [4.78, 5) is 34.8. The summed E-state index contributed by atoms with van der Waals surface area (Å²) in [6, 6.07) is 0. The Balaban J connectivity index is 4.35. The van der Waals surface area contributed by atoms with Crippen LogP contribution in [0.25, 0.3) is 0 Å². The van der Waals surface area contributed by atoms with Crippen LogP contribution in [0.3, 0.4) is 0 Å². The first-order valence-electron chi connectivity index (χ1n) is 19.4. The molecule has 290 valence electrons. The quantitative estimate of drug-likeness (QED) is 0.0186. The average molecular weight is 720 g/mol. The molecule has 0 radical (unpaired) electrons. The van der Waals surface area contributed by atoms with Crippen molar-refractivity contribution in [3.63, 3.8) is 0 Å². The predicted octanol–water partition coefficient (Wildman–Crippen LogP) is 9.48. The number of ether oxygens (including phenoxy) is 2. The number of aliphatic hydroxyl groups excluding tert-OH is 2. The minimum absolute atomic E-state index is 0.173. The highest BCUT2D eigenvalue weighted by Gasteiger charge is 2.27. The SMILES string of the molecule is [CH2-]CCCCC/C=C/CCCCCCCC(=O)O[C@@H](COC(=O)CCCCCCCCCCCCCCC)COP(=O)(O)OC[C@H](O)CO. The molecular formula is C38H72O10P-. The third-order valence-corrected chi connectivity index (χ3v) is 9.27. The molecule has 0 spiro atoms. The minimum atomic E-state index is -4.61. The van der Waals surface area contributed by atoms with Gasteiger partial charge in [0.25, 0.3) is 0 Å². The van der Waals surface area contributed by atoms with Crippen LogP contribution in [0.2, 0.25) is 0 Å². The summed E-state index contributed by atoms with van der Waals surface area (Å²) in [5.41, 5.74) is 0. The molecule has 0 aromatic rings. The fourth-order valence-corrected chi connectivity index (χ4v) is 6.06. The van der Waals surface area contributed by atoms with Crippen molar-refractivity contribution < 1.29 is 47.8 Å². The van der Waals surface area contributed by atoms with E-state index in [0.29, 0.717) is 12.8 Å². The number of allylic oxidation sites excluding steroid dienone is 2. The Labute approximate surface area is 298 Å². The van der Waals surface area contributed by atoms with E-state index in [4.69, 9.17) is 19.1 Å². The van der Waals surface area contributed by atoms with Crippen molar-refractivity contribution in [2.45, 2.75) is 186 Å². The van der Waals surface area contributed by atoms with E-state index < -0.39 is 51.8 Å². The molecule has 0 amide bonds. The molecule has 49 heavy (non-hydrogen) atoms. The molecule has 0 aliphatic heterocycles. The number of phosphoric ester groups is 1. The number of aliphatic hydroxyl groups is 2. The van der Waals surface area contributed by atoms with Gasteiger partial charge in [0.2, 0.25) is 0 Å². The van der Waals surface area contributed by atoms with Gasteiger partial charge in [0.15, 0.2) is 6.10 Å². The van der Waals surface area contributed by atoms with E-state index in [9.17, 15) is 24.2 Å². The average Bonchev–Trinajstić information content (AvgIpc) is 3.09. The summed E-state index contributed by atoms with van der Waals surface area (Å²) in [6.45, 7) is 3.99. The van der Waals surface area contributed by atoms with Crippen LogP contribution in [0.1, 0.15) is 174 Å². The molecule has 1 unspecified atom stereocenters. The normalized spacial score (nSPS) is 14.1. The van der Waals surface area contributed by atoms with Gasteiger partial charge in [-0.3, -0.25) is 18.6 Å². The van der Waals surface area contributed by atoms with Gasteiger partial charge in [-0.05, 0) is 38.5 Å². The van der Waals surface area contributed by atoms with Crippen LogP contribution in [-0.2, 0) is 32.7 Å². The maximum Gasteiger partial charge on any atom is 0.472 e. The Bertz CT molecular complexity index is 837. The Morgan fingerprint density at radius 1 is 0.653 bits per heavy atom. The molecule has 0 aromatic carbocycles. The summed E-state index contributed by atoms with van der Waals surface area (Å²) >= 11 is 0. The number of hydrogen-bond donors (Lipinski definition) is 3. The lowest BCUT2D eigenvalue weighted by atomic mass is 10.0. The molecule has 3 N–H and O–H groups in total. The van der Waals surface area contributed by atoms with E-state index in [1.807, 2.05) is 0 Å². The Kier molecular flexibility index (Phi) is 34.2. The van der Waals surface area contributed by atoms with Crippen molar-refractivity contribution in [1.82, 2.24) is 0 Å². The highest BCUT2D eigenvalue weighted by Crippen LogP contribution is 2.43. The second-order valence-corrected chi connectivity index (χ2v) is 14.6. The molecule has 3 atom stereocenters. The fourth-order valence-electron chi connectivity index (χ4n) is 5.27. The zero-order chi connectivity index (χ0) is 36.3. The van der Waals surface area contributed by atoms with Gasteiger partial charge in [0, 0.05) is 12.8 Å². The molecule has 0 aromatic heterocycles. The standard InChI is InChI=1S/C38H72O10P/c1-3-5-7-9-11-13-15-17-19-21-23-25-27-29-37(41)45-33-36(34-47-49(43,44)46-32-35(40)31-39)48-38(42)30-28-26-24-22-20-18-16-14-12-10-8-6-4-2/h14,16,35-36,39-40H,2-13,15,17-34H2,1H3,(H,43,44)/q-1/b16-14+/t35-,36+/m1/s1. The van der Waals surface area contributed by atoms with E-state index in [2.05, 4.69) is 30.5 Å². The first-order chi connectivity index (χ1) is 23.7. The van der Waals surface area contributed by atoms with Crippen LogP contribution in [-0.4, -0.2) is 65.7 Å². The molecule has 0 rings (SSSR count). The second kappa shape index (κ2) is 35.1. The molecule has 0 aliphatic carbocycles. The van der Waals surface area contributed by atoms with E-state index >= 15 is 0 Å². The van der Waals surface area contributed by atoms with Crippen molar-refractivity contribution in [3.05, 3.63) is 19.1 Å². The maximum absolute atomic E-state index is 12.5. The zero-order valence-electron chi connectivity index (χ0n) is 30.9. The number of phosphoric acid groups is 1. The van der Waals surface area contributed by atoms with Gasteiger partial charge in [-0.15, -0.1) is 0 Å². The van der Waals surface area contributed by atoms with Crippen molar-refractivity contribution >= 4 is 19.8 Å². The molecule has 0 saturated heterocycles. The van der Waals surface area contributed by atoms with E-state index in [1.165, 1.54) is 77.0 Å². The lowest BCUT2D eigenvalue weighted by Crippen LogP contribution is -2.29. The Hall–Kier alpha value is -1.29. The monoisotopic (exact) mass is 719 g/mol. The van der Waals surface area contributed by atoms with Gasteiger partial charge in [-0.1, -0.05) is 128 Å². The summed E-state index contributed by atoms with van der Waals surface area (Å²) in [5.74, 6) is -0.935. The molecule has 11 heteroatoms. The van der Waals surface area contributed by atoms with Gasteiger partial charge in [-0.2, -0.15) is 6.42 Å². The van der Waals surface area contributed by atoms with Crippen molar-refractivity contribution in [2.24, 2.45) is 0 Å². The highest BCUT2D eigenvalue weighted by atomic mass is 31.2. The molecule has 0 bridgehead atoms. The van der Waals surface area contributed by atoms with Gasteiger partial charge in [0.05, 0.1) is 19.8 Å². The number of hydrogen-bond acceptors (Lipinski definition) is 9. The first-order valence-corrected chi connectivity index (χ1v) is 20.9. The summed E-state index contributed by atoms with van der Waals surface area (Å²) in [6.07, 6.45) is 29.7. The number of unbranched alkanes of at least 4 members (excludes halogenated alkanes) is 21. The Morgan fingerprint density at radius 2 is 1.10 bits per heavy atom. The Morgan fingerprint density at radius 3 is 1.61 bits per heavy atom. The largest absolute Gasteiger partial charge is 0.472 e. The third kappa shape index (κ3) is 34.9.